The first-order valence-electron chi connectivity index (χ1n) is 28.9. The van der Waals surface area contributed by atoms with Gasteiger partial charge in [-0.2, -0.15) is 0 Å². The average molecular weight is 1090 g/mol. The predicted molar refractivity (Wildman–Crippen MR) is 354 cm³/mol. The first-order valence-corrected chi connectivity index (χ1v) is 28.9. The largest absolute Gasteiger partial charge is 0.457 e. The number of rotatable bonds is 12. The Balaban J connectivity index is 0.778. The van der Waals surface area contributed by atoms with Crippen molar-refractivity contribution in [3.63, 3.8) is 0 Å². The molecule has 16 aromatic rings. The van der Waals surface area contributed by atoms with Crippen LogP contribution in [0.2, 0.25) is 0 Å². The monoisotopic (exact) mass is 1090 g/mol. The van der Waals surface area contributed by atoms with Crippen LogP contribution < -0.4 is 15.4 Å². The Bertz CT molecular complexity index is 4950. The highest BCUT2D eigenvalue weighted by Crippen LogP contribution is 2.45. The van der Waals surface area contributed by atoms with Crippen molar-refractivity contribution in [1.29, 1.82) is 0 Å². The van der Waals surface area contributed by atoms with Crippen molar-refractivity contribution >= 4 is 88.2 Å². The summed E-state index contributed by atoms with van der Waals surface area (Å²) in [5.41, 5.74) is 20.4. The number of aromatic nitrogens is 4. The summed E-state index contributed by atoms with van der Waals surface area (Å²) in [6.45, 7) is 2.22. The normalized spacial score (nSPS) is 11.6. The molecule has 0 atom stereocenters. The maximum absolute atomic E-state index is 6.83. The van der Waals surface area contributed by atoms with Crippen LogP contribution in [0.15, 0.2) is 297 Å². The van der Waals surface area contributed by atoms with Gasteiger partial charge in [0.05, 0.1) is 61.5 Å². The molecular formula is C78H54N6O. The molecule has 0 saturated heterocycles. The van der Waals surface area contributed by atoms with Gasteiger partial charge in [-0.1, -0.05) is 194 Å². The molecule has 0 aliphatic rings. The third kappa shape index (κ3) is 8.48. The van der Waals surface area contributed by atoms with E-state index in [2.05, 4.69) is 317 Å². The maximum Gasteiger partial charge on any atom is 0.137 e. The van der Waals surface area contributed by atoms with Gasteiger partial charge in [-0.15, -0.1) is 0 Å². The number of nitrogens with one attached hydrogen (secondary N) is 2. The molecule has 0 spiro atoms. The number of ether oxygens (including phenoxy) is 1. The Morgan fingerprint density at radius 3 is 1.29 bits per heavy atom. The van der Waals surface area contributed by atoms with E-state index < -0.39 is 0 Å². The molecule has 0 aliphatic carbocycles. The number of aryl methyl sites for hydroxylation is 1. The number of hydrogen-bond acceptors (Lipinski definition) is 4. The summed E-state index contributed by atoms with van der Waals surface area (Å²) in [6.07, 6.45) is 2.09. The quantitative estimate of drug-likeness (QED) is 0.128. The summed E-state index contributed by atoms with van der Waals surface area (Å²) >= 11 is 0. The molecule has 0 unspecified atom stereocenters. The summed E-state index contributed by atoms with van der Waals surface area (Å²) < 4.78 is 14.0. The lowest BCUT2D eigenvalue weighted by Gasteiger charge is -2.21. The Hall–Kier alpha value is -11.4. The van der Waals surface area contributed by atoms with Crippen LogP contribution in [0.25, 0.3) is 116 Å². The van der Waals surface area contributed by atoms with E-state index in [0.717, 1.165) is 123 Å². The van der Waals surface area contributed by atoms with Gasteiger partial charge in [0.25, 0.3) is 0 Å². The fourth-order valence-corrected chi connectivity index (χ4v) is 12.9. The lowest BCUT2D eigenvalue weighted by atomic mass is 9.95. The average Bonchev–Trinajstić information content (AvgIpc) is 3.97. The van der Waals surface area contributed by atoms with Crippen molar-refractivity contribution in [3.8, 4) is 62.1 Å². The molecule has 16 rings (SSSR count). The van der Waals surface area contributed by atoms with Gasteiger partial charge in [0.15, 0.2) is 0 Å². The van der Waals surface area contributed by atoms with Crippen LogP contribution in [0, 0.1) is 6.92 Å². The van der Waals surface area contributed by atoms with Crippen LogP contribution in [0.1, 0.15) is 5.56 Å². The Morgan fingerprint density at radius 1 is 0.329 bits per heavy atom. The molecule has 0 amide bonds. The molecule has 402 valence electrons. The van der Waals surface area contributed by atoms with Gasteiger partial charge in [0.1, 0.15) is 17.3 Å². The van der Waals surface area contributed by atoms with Crippen molar-refractivity contribution in [3.05, 3.63) is 303 Å². The molecule has 0 radical (unpaired) electrons. The van der Waals surface area contributed by atoms with E-state index in [1.807, 2.05) is 12.1 Å². The lowest BCUT2D eigenvalue weighted by molar-refractivity contribution is 0.483. The summed E-state index contributed by atoms with van der Waals surface area (Å²) in [7, 11) is 0. The molecule has 0 aliphatic heterocycles. The van der Waals surface area contributed by atoms with Crippen molar-refractivity contribution < 1.29 is 4.74 Å². The highest BCUT2D eigenvalue weighted by Gasteiger charge is 2.24. The van der Waals surface area contributed by atoms with Gasteiger partial charge < -0.3 is 24.5 Å². The molecule has 0 fully saturated rings. The summed E-state index contributed by atoms with van der Waals surface area (Å²) in [5, 5.41) is 14.7. The number of fused-ring (bicyclic) bond motifs is 9. The van der Waals surface area contributed by atoms with Crippen LogP contribution in [-0.2, 0) is 0 Å². The van der Waals surface area contributed by atoms with Crippen molar-refractivity contribution in [2.75, 3.05) is 10.6 Å². The molecule has 4 heterocycles. The number of hydrogen-bond donors (Lipinski definition) is 2. The molecule has 12 aromatic carbocycles. The molecule has 85 heavy (non-hydrogen) atoms. The first-order chi connectivity index (χ1) is 42.1. The second-order valence-electron chi connectivity index (χ2n) is 21.7. The van der Waals surface area contributed by atoms with E-state index in [9.17, 15) is 0 Å². The van der Waals surface area contributed by atoms with Gasteiger partial charge in [-0.05, 0) is 109 Å². The zero-order valence-corrected chi connectivity index (χ0v) is 46.5. The van der Waals surface area contributed by atoms with Crippen molar-refractivity contribution in [1.82, 2.24) is 18.7 Å². The molecule has 2 N–H and O–H groups in total. The lowest BCUT2D eigenvalue weighted by Crippen LogP contribution is -2.05. The van der Waals surface area contributed by atoms with Gasteiger partial charge in [-0.3, -0.25) is 4.57 Å². The third-order valence-corrected chi connectivity index (χ3v) is 16.7. The van der Waals surface area contributed by atoms with E-state index in [1.54, 1.807) is 0 Å². The maximum atomic E-state index is 6.83. The molecule has 7 nitrogen and oxygen atoms in total. The fourth-order valence-electron chi connectivity index (χ4n) is 12.9. The zero-order chi connectivity index (χ0) is 56.4. The highest BCUT2D eigenvalue weighted by atomic mass is 16.5. The summed E-state index contributed by atoms with van der Waals surface area (Å²) in [5.74, 6) is 2.24. The zero-order valence-electron chi connectivity index (χ0n) is 46.5. The van der Waals surface area contributed by atoms with Crippen LogP contribution >= 0.6 is 0 Å². The standard InChI is InChI=1S/C78H54N6O/c1-51-47-76(79-50-65(51)77-73(82-68-38-15-8-29-59(68)60-30-9-16-39-69(60)82)43-22-44-74(77)83-70-40-17-10-31-61(70)62-32-11-18-41-71(62)83)84-72-42-19-12-33-63(72)64-46-45-56(49-75(64)84)85-55-28-20-27-54(48-55)80-66-36-13-14-37-67(66)81-78-57(52-23-4-2-5-24-52)34-21-35-58(78)53-25-6-3-7-26-53/h2-50,80-81H,1H3. The van der Waals surface area contributed by atoms with Crippen LogP contribution in [0.3, 0.4) is 0 Å². The topological polar surface area (TPSA) is 61.0 Å². The molecule has 4 aromatic heterocycles. The highest BCUT2D eigenvalue weighted by molar-refractivity contribution is 6.13. The van der Waals surface area contributed by atoms with Gasteiger partial charge in [0.2, 0.25) is 0 Å². The summed E-state index contributed by atoms with van der Waals surface area (Å²) in [6, 6.07) is 103. The van der Waals surface area contributed by atoms with Crippen molar-refractivity contribution in [2.24, 2.45) is 0 Å². The summed E-state index contributed by atoms with van der Waals surface area (Å²) in [4.78, 5) is 5.48. The molecule has 0 saturated carbocycles. The number of anilines is 4. The SMILES string of the molecule is Cc1cc(-n2c3ccccc3c3ccc(Oc4cccc(Nc5ccccc5Nc5c(-c6ccccc6)cccc5-c5ccccc5)c4)cc32)ncc1-c1c(-n2c3ccccc3c3ccccc32)cccc1-n1c2ccccc2c2ccccc21. The minimum absolute atomic E-state index is 0.706. The van der Waals surface area contributed by atoms with Gasteiger partial charge in [-0.25, -0.2) is 4.98 Å². The third-order valence-electron chi connectivity index (χ3n) is 16.7. The number of benzene rings is 12. The van der Waals surface area contributed by atoms with E-state index in [1.165, 1.54) is 21.5 Å². The number of pyridine rings is 1. The Labute approximate surface area is 491 Å². The van der Waals surface area contributed by atoms with Crippen LogP contribution in [0.5, 0.6) is 11.5 Å². The minimum Gasteiger partial charge on any atom is -0.457 e. The molecule has 0 bridgehead atoms. The second kappa shape index (κ2) is 20.5. The minimum atomic E-state index is 0.706. The first kappa shape index (κ1) is 49.4. The van der Waals surface area contributed by atoms with Crippen molar-refractivity contribution in [2.45, 2.75) is 6.92 Å². The predicted octanol–water partition coefficient (Wildman–Crippen LogP) is 21.0. The van der Waals surface area contributed by atoms with E-state index in [4.69, 9.17) is 9.72 Å². The molecule has 7 heteroatoms. The molecular weight excluding hydrogens is 1040 g/mol. The second-order valence-corrected chi connectivity index (χ2v) is 21.7. The number of nitrogens with zero attached hydrogens (tertiary/aromatic N) is 4. The van der Waals surface area contributed by atoms with E-state index in [-0.39, 0.29) is 0 Å². The fraction of sp³-hybridized carbons (Fsp3) is 0.0128. The van der Waals surface area contributed by atoms with Crippen LogP contribution in [0.4, 0.5) is 22.7 Å². The van der Waals surface area contributed by atoms with Crippen LogP contribution in [-0.4, -0.2) is 18.7 Å². The Kier molecular flexibility index (Phi) is 11.9. The smallest absolute Gasteiger partial charge is 0.137 e. The van der Waals surface area contributed by atoms with E-state index >= 15 is 0 Å². The number of para-hydroxylation sites is 8. The van der Waals surface area contributed by atoms with E-state index in [0.29, 0.717) is 11.5 Å². The Morgan fingerprint density at radius 2 is 0.765 bits per heavy atom. The van der Waals surface area contributed by atoms with Gasteiger partial charge in [0, 0.05) is 78.6 Å². The van der Waals surface area contributed by atoms with Gasteiger partial charge >= 0.3 is 0 Å².